The van der Waals surface area contributed by atoms with Crippen LogP contribution in [0.3, 0.4) is 0 Å². The van der Waals surface area contributed by atoms with E-state index in [0.717, 1.165) is 68.3 Å². The van der Waals surface area contributed by atoms with Crippen LogP contribution in [0.4, 0.5) is 10.5 Å². The average Bonchev–Trinajstić information content (AvgIpc) is 3.14. The van der Waals surface area contributed by atoms with E-state index < -0.39 is 11.2 Å². The van der Waals surface area contributed by atoms with Crippen LogP contribution in [0.25, 0.3) is 10.9 Å². The van der Waals surface area contributed by atoms with Crippen molar-refractivity contribution in [3.05, 3.63) is 23.9 Å². The van der Waals surface area contributed by atoms with E-state index in [1.807, 2.05) is 37.8 Å². The van der Waals surface area contributed by atoms with Gasteiger partial charge in [-0.1, -0.05) is 0 Å². The van der Waals surface area contributed by atoms with Crippen molar-refractivity contribution < 1.29 is 14.6 Å². The number of aromatic nitrogens is 2. The Labute approximate surface area is 196 Å². The summed E-state index contributed by atoms with van der Waals surface area (Å²) in [6, 6.07) is 4.77. The van der Waals surface area contributed by atoms with E-state index in [2.05, 4.69) is 15.8 Å². The molecule has 33 heavy (non-hydrogen) atoms. The quantitative estimate of drug-likeness (QED) is 0.679. The summed E-state index contributed by atoms with van der Waals surface area (Å²) in [5, 5.41) is 16.2. The molecule has 0 radical (unpaired) electrons. The second-order valence-electron chi connectivity index (χ2n) is 11.1. The second-order valence-corrected chi connectivity index (χ2v) is 11.1. The zero-order chi connectivity index (χ0) is 24.0. The molecular formula is C25H39N5O3. The fraction of sp³-hybridized carbons (Fsp3) is 0.680. The van der Waals surface area contributed by atoms with Crippen LogP contribution in [0.2, 0.25) is 0 Å². The van der Waals surface area contributed by atoms with Crippen molar-refractivity contribution in [2.24, 2.45) is 0 Å². The molecule has 182 valence electrons. The van der Waals surface area contributed by atoms with E-state index in [-0.39, 0.29) is 6.09 Å². The molecule has 8 heteroatoms. The van der Waals surface area contributed by atoms with Crippen LogP contribution in [0, 0.1) is 0 Å². The number of amides is 1. The Morgan fingerprint density at radius 1 is 1.03 bits per heavy atom. The van der Waals surface area contributed by atoms with Gasteiger partial charge in [0, 0.05) is 55.1 Å². The largest absolute Gasteiger partial charge is 0.444 e. The number of carbonyl (C=O) groups excluding carboxylic acids is 1. The van der Waals surface area contributed by atoms with Gasteiger partial charge in [-0.2, -0.15) is 5.10 Å². The number of ether oxygens (including phenoxy) is 1. The number of carbonyl (C=O) groups is 1. The molecule has 2 aromatic rings. The lowest BCUT2D eigenvalue weighted by Gasteiger charge is -2.42. The van der Waals surface area contributed by atoms with E-state index in [1.165, 1.54) is 0 Å². The van der Waals surface area contributed by atoms with Crippen LogP contribution in [-0.4, -0.2) is 68.6 Å². The number of nitrogen functional groups attached to an aromatic ring is 1. The number of rotatable bonds is 3. The minimum absolute atomic E-state index is 0.204. The second kappa shape index (κ2) is 8.80. The number of hydrogen-bond donors (Lipinski definition) is 2. The summed E-state index contributed by atoms with van der Waals surface area (Å²) in [5.41, 5.74) is 6.93. The topological polar surface area (TPSA) is 96.9 Å². The maximum absolute atomic E-state index is 12.3. The Morgan fingerprint density at radius 3 is 2.21 bits per heavy atom. The van der Waals surface area contributed by atoms with Gasteiger partial charge in [0.15, 0.2) is 0 Å². The number of piperazine rings is 1. The maximum Gasteiger partial charge on any atom is 0.410 e. The van der Waals surface area contributed by atoms with Gasteiger partial charge in [-0.05, 0) is 72.4 Å². The Kier molecular flexibility index (Phi) is 6.35. The van der Waals surface area contributed by atoms with Gasteiger partial charge in [-0.25, -0.2) is 4.79 Å². The van der Waals surface area contributed by atoms with Crippen molar-refractivity contribution in [3.63, 3.8) is 0 Å². The highest BCUT2D eigenvalue weighted by molar-refractivity contribution is 5.83. The van der Waals surface area contributed by atoms with Crippen molar-refractivity contribution in [2.45, 2.75) is 83.6 Å². The summed E-state index contributed by atoms with van der Waals surface area (Å²) in [7, 11) is 0. The number of aliphatic hydroxyl groups is 1. The smallest absolute Gasteiger partial charge is 0.410 e. The first-order chi connectivity index (χ1) is 15.4. The van der Waals surface area contributed by atoms with Crippen molar-refractivity contribution in [2.75, 3.05) is 31.9 Å². The van der Waals surface area contributed by atoms with Crippen molar-refractivity contribution >= 4 is 22.7 Å². The average molecular weight is 458 g/mol. The third-order valence-electron chi connectivity index (χ3n) is 6.88. The number of hydrogen-bond acceptors (Lipinski definition) is 6. The van der Waals surface area contributed by atoms with Crippen molar-refractivity contribution in [1.82, 2.24) is 19.6 Å². The van der Waals surface area contributed by atoms with Gasteiger partial charge in [0.2, 0.25) is 0 Å². The van der Waals surface area contributed by atoms with Gasteiger partial charge in [-0.3, -0.25) is 9.58 Å². The summed E-state index contributed by atoms with van der Waals surface area (Å²) in [6.45, 7) is 12.5. The van der Waals surface area contributed by atoms with Crippen LogP contribution in [-0.2, 0) is 10.3 Å². The summed E-state index contributed by atoms with van der Waals surface area (Å²) in [5.74, 6) is 0. The molecule has 2 fully saturated rings. The lowest BCUT2D eigenvalue weighted by Crippen LogP contribution is -2.53. The lowest BCUT2D eigenvalue weighted by molar-refractivity contribution is 0.00722. The summed E-state index contributed by atoms with van der Waals surface area (Å²) >= 11 is 0. The molecule has 0 spiro atoms. The lowest BCUT2D eigenvalue weighted by atomic mass is 9.90. The summed E-state index contributed by atoms with van der Waals surface area (Å²) in [4.78, 5) is 16.7. The standard InChI is InChI=1S/C25H39N5O3/c1-24(2,3)33-23(31)29-12-10-28(11-13-29)18-6-8-19(9-7-18)30-16-17-14-21(26)20(25(4,5)32)15-22(17)27-30/h14-16,18-19,32H,6-13,26H2,1-5H3/t18-,19-. The molecular weight excluding hydrogens is 418 g/mol. The van der Waals surface area contributed by atoms with E-state index in [9.17, 15) is 9.90 Å². The highest BCUT2D eigenvalue weighted by Gasteiger charge is 2.32. The van der Waals surface area contributed by atoms with Crippen LogP contribution in [0.5, 0.6) is 0 Å². The number of benzene rings is 1. The van der Waals surface area contributed by atoms with Crippen molar-refractivity contribution in [1.29, 1.82) is 0 Å². The number of nitrogens with zero attached hydrogens (tertiary/aromatic N) is 4. The SMILES string of the molecule is CC(C)(C)OC(=O)N1CCN([C@H]2CC[C@H](n3cc4cc(N)c(C(C)(C)O)cc4n3)CC2)CC1. The van der Waals surface area contributed by atoms with E-state index >= 15 is 0 Å². The molecule has 2 aliphatic rings. The molecule has 1 saturated carbocycles. The minimum Gasteiger partial charge on any atom is -0.444 e. The predicted molar refractivity (Wildman–Crippen MR) is 130 cm³/mol. The van der Waals surface area contributed by atoms with Gasteiger partial charge in [0.25, 0.3) is 0 Å². The molecule has 1 amide bonds. The fourth-order valence-electron chi connectivity index (χ4n) is 5.11. The molecule has 2 heterocycles. The first kappa shape index (κ1) is 23.8. The molecule has 1 aromatic carbocycles. The zero-order valence-corrected chi connectivity index (χ0v) is 20.7. The molecule has 0 unspecified atom stereocenters. The molecule has 1 aromatic heterocycles. The number of anilines is 1. The van der Waals surface area contributed by atoms with Gasteiger partial charge in [-0.15, -0.1) is 0 Å². The van der Waals surface area contributed by atoms with Gasteiger partial charge >= 0.3 is 6.09 Å². The first-order valence-electron chi connectivity index (χ1n) is 12.1. The minimum atomic E-state index is -0.992. The van der Waals surface area contributed by atoms with Crippen LogP contribution < -0.4 is 5.73 Å². The Balaban J connectivity index is 1.33. The molecule has 1 aliphatic heterocycles. The number of nitrogens with two attached hydrogens (primary N) is 1. The molecule has 8 nitrogen and oxygen atoms in total. The zero-order valence-electron chi connectivity index (χ0n) is 20.7. The Bertz CT molecular complexity index is 988. The maximum atomic E-state index is 12.3. The van der Waals surface area contributed by atoms with Gasteiger partial charge in [0.05, 0.1) is 17.2 Å². The highest BCUT2D eigenvalue weighted by Crippen LogP contribution is 2.34. The van der Waals surface area contributed by atoms with Crippen LogP contribution in [0.15, 0.2) is 18.3 Å². The van der Waals surface area contributed by atoms with E-state index in [1.54, 1.807) is 13.8 Å². The van der Waals surface area contributed by atoms with E-state index in [4.69, 9.17) is 15.6 Å². The fourth-order valence-corrected chi connectivity index (χ4v) is 5.11. The van der Waals surface area contributed by atoms with Gasteiger partial charge in [0.1, 0.15) is 5.60 Å². The number of fused-ring (bicyclic) bond motifs is 1. The van der Waals surface area contributed by atoms with Crippen molar-refractivity contribution in [3.8, 4) is 0 Å². The highest BCUT2D eigenvalue weighted by atomic mass is 16.6. The molecule has 1 aliphatic carbocycles. The molecule has 0 atom stereocenters. The predicted octanol–water partition coefficient (Wildman–Crippen LogP) is 3.88. The Hall–Kier alpha value is -2.32. The molecule has 4 rings (SSSR count). The van der Waals surface area contributed by atoms with Gasteiger partial charge < -0.3 is 20.5 Å². The summed E-state index contributed by atoms with van der Waals surface area (Å²) in [6.07, 6.45) is 6.31. The molecule has 1 saturated heterocycles. The molecule has 0 bridgehead atoms. The van der Waals surface area contributed by atoms with E-state index in [0.29, 0.717) is 17.8 Å². The first-order valence-corrected chi connectivity index (χ1v) is 12.1. The van der Waals surface area contributed by atoms with Crippen LogP contribution in [0.1, 0.15) is 71.9 Å². The normalized spacial score (nSPS) is 23.2. The molecule has 3 N–H and O–H groups in total. The Morgan fingerprint density at radius 2 is 1.64 bits per heavy atom. The monoisotopic (exact) mass is 457 g/mol. The summed E-state index contributed by atoms with van der Waals surface area (Å²) < 4.78 is 7.61. The third-order valence-corrected chi connectivity index (χ3v) is 6.88. The third kappa shape index (κ3) is 5.44. The van der Waals surface area contributed by atoms with Crippen LogP contribution >= 0.6 is 0 Å².